The van der Waals surface area contributed by atoms with E-state index in [9.17, 15) is 5.11 Å². The largest absolute Gasteiger partial charge is 0.387 e. The van der Waals surface area contributed by atoms with E-state index >= 15 is 0 Å². The van der Waals surface area contributed by atoms with E-state index < -0.39 is 6.10 Å². The van der Waals surface area contributed by atoms with E-state index in [0.717, 1.165) is 18.4 Å². The molecule has 0 radical (unpaired) electrons. The molecule has 0 fully saturated rings. The molecule has 0 saturated heterocycles. The van der Waals surface area contributed by atoms with Crippen molar-refractivity contribution in [1.82, 2.24) is 0 Å². The summed E-state index contributed by atoms with van der Waals surface area (Å²) in [5.74, 6) is 0. The fourth-order valence-corrected chi connectivity index (χ4v) is 1.35. The van der Waals surface area contributed by atoms with Crippen LogP contribution in [0.15, 0.2) is 23.8 Å². The van der Waals surface area contributed by atoms with Crippen LogP contribution in [-0.4, -0.2) is 17.8 Å². The number of aliphatic hydroxyl groups is 1. The van der Waals surface area contributed by atoms with Gasteiger partial charge in [-0.1, -0.05) is 18.2 Å². The molecule has 2 nitrogen and oxygen atoms in total. The van der Waals surface area contributed by atoms with Gasteiger partial charge in [0.1, 0.15) is 0 Å². The normalized spacial score (nSPS) is 25.8. The second kappa shape index (κ2) is 7.13. The molecule has 0 amide bonds. The van der Waals surface area contributed by atoms with E-state index in [1.165, 1.54) is 12.8 Å². The van der Waals surface area contributed by atoms with Gasteiger partial charge in [-0.2, -0.15) is 0 Å². The second-order valence-corrected chi connectivity index (χ2v) is 3.14. The number of nitrogens with two attached hydrogens (primary N) is 1. The summed E-state index contributed by atoms with van der Waals surface area (Å²) in [6, 6.07) is 0. The fraction of sp³-hybridized carbons (Fsp3) is 0.600. The third-order valence-corrected chi connectivity index (χ3v) is 2.12. The predicted octanol–water partition coefficient (Wildman–Crippen LogP) is 1.78. The molecular formula is C10H18ClNO. The van der Waals surface area contributed by atoms with E-state index in [1.807, 2.05) is 6.08 Å². The topological polar surface area (TPSA) is 46.2 Å². The molecule has 13 heavy (non-hydrogen) atoms. The van der Waals surface area contributed by atoms with Gasteiger partial charge in [-0.05, 0) is 31.3 Å². The Labute approximate surface area is 85.9 Å². The zero-order chi connectivity index (χ0) is 8.81. The van der Waals surface area contributed by atoms with Gasteiger partial charge in [-0.25, -0.2) is 0 Å². The highest BCUT2D eigenvalue weighted by Gasteiger charge is 2.05. The second-order valence-electron chi connectivity index (χ2n) is 3.14. The minimum Gasteiger partial charge on any atom is -0.387 e. The van der Waals surface area contributed by atoms with Gasteiger partial charge in [0.25, 0.3) is 0 Å². The Bertz CT molecular complexity index is 189. The van der Waals surface area contributed by atoms with Gasteiger partial charge in [0.2, 0.25) is 0 Å². The number of allylic oxidation sites excluding steroid dienone is 2. The number of hydrogen-bond acceptors (Lipinski definition) is 2. The molecule has 0 bridgehead atoms. The summed E-state index contributed by atoms with van der Waals surface area (Å²) < 4.78 is 0. The third kappa shape index (κ3) is 4.46. The van der Waals surface area contributed by atoms with Crippen LogP contribution in [0.2, 0.25) is 0 Å². The standard InChI is InChI=1S/C10H17NO.ClH/c11-8-10(12)9-6-4-2-1-3-5-7-9;/h4,6-7,10,12H,1-3,5,8,11H2;1H/b6-4-,9-7+;. The molecule has 0 aromatic carbocycles. The number of rotatable bonds is 2. The van der Waals surface area contributed by atoms with Crippen molar-refractivity contribution >= 4 is 12.4 Å². The first-order chi connectivity index (χ1) is 5.84. The minimum atomic E-state index is -0.473. The average molecular weight is 204 g/mol. The van der Waals surface area contributed by atoms with Gasteiger partial charge in [0.05, 0.1) is 6.10 Å². The zero-order valence-corrected chi connectivity index (χ0v) is 8.59. The lowest BCUT2D eigenvalue weighted by molar-refractivity contribution is 0.222. The summed E-state index contributed by atoms with van der Waals surface area (Å²) in [5, 5.41) is 9.45. The quantitative estimate of drug-likeness (QED) is 0.719. The Kier molecular flexibility index (Phi) is 6.96. The number of aliphatic hydroxyl groups excluding tert-OH is 1. The number of hydrogen-bond donors (Lipinski definition) is 2. The highest BCUT2D eigenvalue weighted by Crippen LogP contribution is 2.13. The van der Waals surface area contributed by atoms with Crippen LogP contribution in [-0.2, 0) is 0 Å². The Balaban J connectivity index is 0.00000144. The molecule has 0 aromatic rings. The maximum atomic E-state index is 9.45. The van der Waals surface area contributed by atoms with Gasteiger partial charge < -0.3 is 10.8 Å². The molecule has 76 valence electrons. The van der Waals surface area contributed by atoms with Crippen LogP contribution in [0.4, 0.5) is 0 Å². The molecule has 1 rings (SSSR count). The molecule has 3 N–H and O–H groups in total. The Morgan fingerprint density at radius 1 is 1.38 bits per heavy atom. The van der Waals surface area contributed by atoms with Crippen LogP contribution in [0.1, 0.15) is 25.7 Å². The zero-order valence-electron chi connectivity index (χ0n) is 7.78. The molecular weight excluding hydrogens is 186 g/mol. The highest BCUT2D eigenvalue weighted by molar-refractivity contribution is 5.85. The monoisotopic (exact) mass is 203 g/mol. The van der Waals surface area contributed by atoms with Gasteiger partial charge in [0.15, 0.2) is 0 Å². The molecule has 0 saturated carbocycles. The van der Waals surface area contributed by atoms with Crippen molar-refractivity contribution in [3.8, 4) is 0 Å². The lowest BCUT2D eigenvalue weighted by Gasteiger charge is -2.10. The molecule has 1 aliphatic carbocycles. The number of halogens is 1. The molecule has 1 unspecified atom stereocenters. The molecule has 1 aliphatic rings. The van der Waals surface area contributed by atoms with Crippen LogP contribution in [0.25, 0.3) is 0 Å². The molecule has 3 heteroatoms. The molecule has 0 aromatic heterocycles. The van der Waals surface area contributed by atoms with E-state index in [4.69, 9.17) is 5.73 Å². The van der Waals surface area contributed by atoms with Crippen molar-refractivity contribution in [3.05, 3.63) is 23.8 Å². The summed E-state index contributed by atoms with van der Waals surface area (Å²) in [4.78, 5) is 0. The smallest absolute Gasteiger partial charge is 0.0909 e. The van der Waals surface area contributed by atoms with Crippen LogP contribution in [0.3, 0.4) is 0 Å². The van der Waals surface area contributed by atoms with E-state index in [-0.39, 0.29) is 12.4 Å². The maximum absolute atomic E-state index is 9.45. The summed E-state index contributed by atoms with van der Waals surface area (Å²) in [6.45, 7) is 0.316. The van der Waals surface area contributed by atoms with Crippen molar-refractivity contribution in [2.75, 3.05) is 6.54 Å². The van der Waals surface area contributed by atoms with E-state index in [1.54, 1.807) is 0 Å². The SMILES string of the molecule is Cl.NCC(O)C1=C/CCCC/C=C\1. The lowest BCUT2D eigenvalue weighted by atomic mass is 10.0. The van der Waals surface area contributed by atoms with Crippen LogP contribution >= 0.6 is 12.4 Å². The van der Waals surface area contributed by atoms with Crippen LogP contribution in [0.5, 0.6) is 0 Å². The fourth-order valence-electron chi connectivity index (χ4n) is 1.35. The van der Waals surface area contributed by atoms with Gasteiger partial charge in [-0.3, -0.25) is 0 Å². The lowest BCUT2D eigenvalue weighted by Crippen LogP contribution is -2.21. The minimum absolute atomic E-state index is 0. The van der Waals surface area contributed by atoms with Crippen molar-refractivity contribution < 1.29 is 5.11 Å². The Hall–Kier alpha value is -0.310. The van der Waals surface area contributed by atoms with Crippen molar-refractivity contribution in [2.45, 2.75) is 31.8 Å². The predicted molar refractivity (Wildman–Crippen MR) is 58.0 cm³/mol. The van der Waals surface area contributed by atoms with Crippen molar-refractivity contribution in [2.24, 2.45) is 5.73 Å². The summed E-state index contributed by atoms with van der Waals surface area (Å²) in [7, 11) is 0. The Morgan fingerprint density at radius 3 is 2.77 bits per heavy atom. The first-order valence-corrected chi connectivity index (χ1v) is 4.59. The van der Waals surface area contributed by atoms with Crippen LogP contribution < -0.4 is 5.73 Å². The van der Waals surface area contributed by atoms with Gasteiger partial charge in [-0.15, -0.1) is 12.4 Å². The van der Waals surface area contributed by atoms with Crippen molar-refractivity contribution in [1.29, 1.82) is 0 Å². The van der Waals surface area contributed by atoms with Crippen molar-refractivity contribution in [3.63, 3.8) is 0 Å². The molecule has 0 aliphatic heterocycles. The summed E-state index contributed by atoms with van der Waals surface area (Å²) >= 11 is 0. The first-order valence-electron chi connectivity index (χ1n) is 4.59. The van der Waals surface area contributed by atoms with Gasteiger partial charge >= 0.3 is 0 Å². The summed E-state index contributed by atoms with van der Waals surface area (Å²) in [6.07, 6.45) is 10.4. The highest BCUT2D eigenvalue weighted by atomic mass is 35.5. The third-order valence-electron chi connectivity index (χ3n) is 2.12. The molecule has 1 atom stereocenters. The Morgan fingerprint density at radius 2 is 2.08 bits per heavy atom. The summed E-state index contributed by atoms with van der Waals surface area (Å²) in [5.41, 5.74) is 6.35. The van der Waals surface area contributed by atoms with E-state index in [0.29, 0.717) is 6.54 Å². The van der Waals surface area contributed by atoms with Gasteiger partial charge in [0, 0.05) is 6.54 Å². The molecule has 0 spiro atoms. The maximum Gasteiger partial charge on any atom is 0.0909 e. The first kappa shape index (κ1) is 12.7. The van der Waals surface area contributed by atoms with E-state index in [2.05, 4.69) is 12.2 Å². The average Bonchev–Trinajstić information content (AvgIpc) is 2.02. The molecule has 0 heterocycles. The van der Waals surface area contributed by atoms with Crippen LogP contribution in [0, 0.1) is 0 Å².